The van der Waals surface area contributed by atoms with Crippen LogP contribution < -0.4 is 25.0 Å². The minimum absolute atomic E-state index is 0.386. The van der Waals surface area contributed by atoms with Crippen molar-refractivity contribution in [3.63, 3.8) is 0 Å². The van der Waals surface area contributed by atoms with Gasteiger partial charge in [-0.25, -0.2) is 0 Å². The maximum atomic E-state index is 5.36. The van der Waals surface area contributed by atoms with E-state index in [9.17, 15) is 0 Å². The SMILES string of the molecule is CCN=C(NCC)NC1CCN(c2cc(OC)cc(OC)c2)C1. The Labute approximate surface area is 138 Å². The summed E-state index contributed by atoms with van der Waals surface area (Å²) in [6.45, 7) is 7.71. The molecule has 1 fully saturated rings. The number of hydrogen-bond donors (Lipinski definition) is 2. The number of hydrogen-bond acceptors (Lipinski definition) is 4. The van der Waals surface area contributed by atoms with Crippen LogP contribution in [0.1, 0.15) is 20.3 Å². The highest BCUT2D eigenvalue weighted by Crippen LogP contribution is 2.30. The molecule has 128 valence electrons. The summed E-state index contributed by atoms with van der Waals surface area (Å²) in [7, 11) is 3.35. The van der Waals surface area contributed by atoms with Crippen molar-refractivity contribution < 1.29 is 9.47 Å². The highest BCUT2D eigenvalue weighted by Gasteiger charge is 2.24. The number of guanidine groups is 1. The Morgan fingerprint density at radius 2 is 1.91 bits per heavy atom. The predicted molar refractivity (Wildman–Crippen MR) is 95.0 cm³/mol. The standard InChI is InChI=1S/C17H28N4O2/c1-5-18-17(19-6-2)20-13-7-8-21(12-13)14-9-15(22-3)11-16(10-14)23-4/h9-11,13H,5-8,12H2,1-4H3,(H2,18,19,20). The van der Waals surface area contributed by atoms with E-state index in [1.807, 2.05) is 13.0 Å². The van der Waals surface area contributed by atoms with Crippen LogP contribution in [0.25, 0.3) is 0 Å². The second-order valence-electron chi connectivity index (χ2n) is 5.50. The van der Waals surface area contributed by atoms with Crippen LogP contribution in [0.2, 0.25) is 0 Å². The Morgan fingerprint density at radius 3 is 2.48 bits per heavy atom. The average Bonchev–Trinajstić information content (AvgIpc) is 3.03. The van der Waals surface area contributed by atoms with Crippen molar-refractivity contribution in [1.29, 1.82) is 0 Å². The molecule has 1 unspecified atom stereocenters. The van der Waals surface area contributed by atoms with Gasteiger partial charge in [0.1, 0.15) is 11.5 Å². The van der Waals surface area contributed by atoms with E-state index >= 15 is 0 Å². The van der Waals surface area contributed by atoms with Crippen LogP contribution in [0.5, 0.6) is 11.5 Å². The second-order valence-corrected chi connectivity index (χ2v) is 5.50. The van der Waals surface area contributed by atoms with Gasteiger partial charge >= 0.3 is 0 Å². The molecule has 1 atom stereocenters. The third-order valence-corrected chi connectivity index (χ3v) is 3.89. The first kappa shape index (κ1) is 17.2. The number of nitrogens with zero attached hydrogens (tertiary/aromatic N) is 2. The first-order valence-electron chi connectivity index (χ1n) is 8.23. The summed E-state index contributed by atoms with van der Waals surface area (Å²) in [4.78, 5) is 6.81. The molecule has 2 rings (SSSR count). The van der Waals surface area contributed by atoms with Crippen LogP contribution in [0.4, 0.5) is 5.69 Å². The lowest BCUT2D eigenvalue weighted by Crippen LogP contribution is -2.44. The van der Waals surface area contributed by atoms with E-state index in [-0.39, 0.29) is 0 Å². The number of ether oxygens (including phenoxy) is 2. The van der Waals surface area contributed by atoms with Crippen LogP contribution in [0.15, 0.2) is 23.2 Å². The molecular formula is C17H28N4O2. The summed E-state index contributed by atoms with van der Waals surface area (Å²) in [6, 6.07) is 6.38. The van der Waals surface area contributed by atoms with Crippen molar-refractivity contribution in [2.45, 2.75) is 26.3 Å². The quantitative estimate of drug-likeness (QED) is 0.619. The molecule has 0 aliphatic carbocycles. The zero-order valence-electron chi connectivity index (χ0n) is 14.6. The fourth-order valence-corrected chi connectivity index (χ4v) is 2.76. The van der Waals surface area contributed by atoms with Gasteiger partial charge in [0.2, 0.25) is 0 Å². The van der Waals surface area contributed by atoms with Gasteiger partial charge in [0.25, 0.3) is 0 Å². The van der Waals surface area contributed by atoms with Gasteiger partial charge in [0, 0.05) is 56.1 Å². The summed E-state index contributed by atoms with van der Waals surface area (Å²) in [6.07, 6.45) is 1.08. The lowest BCUT2D eigenvalue weighted by atomic mass is 10.2. The molecule has 6 nitrogen and oxygen atoms in total. The fourth-order valence-electron chi connectivity index (χ4n) is 2.76. The van der Waals surface area contributed by atoms with Crippen LogP contribution in [-0.4, -0.2) is 52.4 Å². The van der Waals surface area contributed by atoms with Crippen molar-refractivity contribution in [1.82, 2.24) is 10.6 Å². The van der Waals surface area contributed by atoms with Gasteiger partial charge in [-0.15, -0.1) is 0 Å². The summed E-state index contributed by atoms with van der Waals surface area (Å²) < 4.78 is 10.7. The maximum absolute atomic E-state index is 5.36. The summed E-state index contributed by atoms with van der Waals surface area (Å²) in [5.74, 6) is 2.53. The van der Waals surface area contributed by atoms with Gasteiger partial charge in [-0.05, 0) is 20.3 Å². The normalized spacial score (nSPS) is 18.0. The molecule has 1 heterocycles. The molecule has 6 heteroatoms. The Morgan fingerprint density at radius 1 is 1.22 bits per heavy atom. The molecule has 1 saturated heterocycles. The van der Waals surface area contributed by atoms with Gasteiger partial charge in [-0.1, -0.05) is 0 Å². The lowest BCUT2D eigenvalue weighted by Gasteiger charge is -2.21. The smallest absolute Gasteiger partial charge is 0.191 e. The van der Waals surface area contributed by atoms with Crippen molar-refractivity contribution in [2.75, 3.05) is 45.3 Å². The van der Waals surface area contributed by atoms with Gasteiger partial charge in [-0.2, -0.15) is 0 Å². The third-order valence-electron chi connectivity index (χ3n) is 3.89. The molecule has 2 N–H and O–H groups in total. The van der Waals surface area contributed by atoms with Crippen molar-refractivity contribution in [2.24, 2.45) is 4.99 Å². The Balaban J connectivity index is 2.03. The van der Waals surface area contributed by atoms with E-state index in [0.29, 0.717) is 6.04 Å². The average molecular weight is 320 g/mol. The van der Waals surface area contributed by atoms with Gasteiger partial charge in [0.15, 0.2) is 5.96 Å². The molecule has 1 aromatic carbocycles. The molecule has 0 radical (unpaired) electrons. The van der Waals surface area contributed by atoms with Gasteiger partial charge in [0.05, 0.1) is 14.2 Å². The molecule has 1 aliphatic heterocycles. The molecule has 23 heavy (non-hydrogen) atoms. The second kappa shape index (κ2) is 8.50. The molecule has 0 amide bonds. The van der Waals surface area contributed by atoms with E-state index in [0.717, 1.165) is 55.7 Å². The minimum atomic E-state index is 0.386. The van der Waals surface area contributed by atoms with E-state index < -0.39 is 0 Å². The number of methoxy groups -OCH3 is 2. The molecule has 1 aromatic rings. The van der Waals surface area contributed by atoms with Crippen molar-refractivity contribution in [3.8, 4) is 11.5 Å². The minimum Gasteiger partial charge on any atom is -0.497 e. The monoisotopic (exact) mass is 320 g/mol. The fraction of sp³-hybridized carbons (Fsp3) is 0.588. The maximum Gasteiger partial charge on any atom is 0.191 e. The number of benzene rings is 1. The highest BCUT2D eigenvalue weighted by atomic mass is 16.5. The first-order valence-corrected chi connectivity index (χ1v) is 8.23. The summed E-state index contributed by atoms with van der Waals surface area (Å²) in [5, 5.41) is 6.79. The van der Waals surface area contributed by atoms with Crippen LogP contribution in [-0.2, 0) is 0 Å². The van der Waals surface area contributed by atoms with Crippen LogP contribution >= 0.6 is 0 Å². The van der Waals surface area contributed by atoms with E-state index in [1.165, 1.54) is 0 Å². The number of nitrogens with one attached hydrogen (secondary N) is 2. The highest BCUT2D eigenvalue weighted by molar-refractivity contribution is 5.80. The summed E-state index contributed by atoms with van der Waals surface area (Å²) in [5.41, 5.74) is 1.13. The number of anilines is 1. The van der Waals surface area contributed by atoms with Crippen LogP contribution in [0, 0.1) is 0 Å². The number of aliphatic imine (C=N–C) groups is 1. The Hall–Kier alpha value is -2.11. The number of rotatable bonds is 6. The molecule has 1 aliphatic rings. The molecule has 0 saturated carbocycles. The van der Waals surface area contributed by atoms with Gasteiger partial charge < -0.3 is 25.0 Å². The topological polar surface area (TPSA) is 58.1 Å². The van der Waals surface area contributed by atoms with Crippen molar-refractivity contribution in [3.05, 3.63) is 18.2 Å². The van der Waals surface area contributed by atoms with E-state index in [2.05, 4.69) is 39.6 Å². The van der Waals surface area contributed by atoms with Crippen molar-refractivity contribution >= 4 is 11.6 Å². The van der Waals surface area contributed by atoms with Crippen LogP contribution in [0.3, 0.4) is 0 Å². The first-order chi connectivity index (χ1) is 11.2. The Bertz CT molecular complexity index is 511. The summed E-state index contributed by atoms with van der Waals surface area (Å²) >= 11 is 0. The largest absolute Gasteiger partial charge is 0.497 e. The van der Waals surface area contributed by atoms with Gasteiger partial charge in [-0.3, -0.25) is 4.99 Å². The zero-order chi connectivity index (χ0) is 16.7. The molecular weight excluding hydrogens is 292 g/mol. The van der Waals surface area contributed by atoms with E-state index in [4.69, 9.17) is 9.47 Å². The third kappa shape index (κ3) is 4.68. The molecule has 0 aromatic heterocycles. The zero-order valence-corrected chi connectivity index (χ0v) is 14.6. The Kier molecular flexibility index (Phi) is 6.38. The van der Waals surface area contributed by atoms with E-state index in [1.54, 1.807) is 14.2 Å². The molecule has 0 bridgehead atoms. The molecule has 0 spiro atoms. The lowest BCUT2D eigenvalue weighted by molar-refractivity contribution is 0.394. The predicted octanol–water partition coefficient (Wildman–Crippen LogP) is 1.86.